The quantitative estimate of drug-likeness (QED) is 0.701. The minimum absolute atomic E-state index is 0.441. The average molecular weight is 310 g/mol. The molecule has 1 aromatic heterocycles. The highest BCUT2D eigenvalue weighted by Crippen LogP contribution is 2.34. The van der Waals surface area contributed by atoms with Gasteiger partial charge in [-0.1, -0.05) is 52.0 Å². The van der Waals surface area contributed by atoms with Crippen molar-refractivity contribution in [3.8, 4) is 0 Å². The number of anilines is 3. The van der Waals surface area contributed by atoms with Crippen molar-refractivity contribution in [2.75, 3.05) is 17.2 Å². The smallest absolute Gasteiger partial charge is 0.135 e. The monoisotopic (exact) mass is 310 g/mol. The number of nitrogens with zero attached hydrogens (tertiary/aromatic N) is 2. The zero-order valence-electron chi connectivity index (χ0n) is 14.4. The van der Waals surface area contributed by atoms with Gasteiger partial charge >= 0.3 is 0 Å². The molecule has 4 nitrogen and oxygen atoms in total. The molecule has 0 aliphatic carbocycles. The van der Waals surface area contributed by atoms with Crippen molar-refractivity contribution >= 4 is 17.3 Å². The van der Waals surface area contributed by atoms with E-state index in [1.807, 2.05) is 6.07 Å². The number of rotatable bonds is 7. The molecule has 4 heteroatoms. The summed E-state index contributed by atoms with van der Waals surface area (Å²) in [5, 5.41) is 6.69. The third kappa shape index (κ3) is 4.31. The highest BCUT2D eigenvalue weighted by Gasteiger charge is 2.14. The Morgan fingerprint density at radius 2 is 1.65 bits per heavy atom. The topological polar surface area (TPSA) is 49.8 Å². The van der Waals surface area contributed by atoms with Crippen LogP contribution in [0.5, 0.6) is 0 Å². The first-order valence-corrected chi connectivity index (χ1v) is 8.09. The van der Waals surface area contributed by atoms with E-state index in [2.05, 4.69) is 73.1 Å². The number of aromatic nitrogens is 2. The highest BCUT2D eigenvalue weighted by atomic mass is 15.1. The van der Waals surface area contributed by atoms with Crippen LogP contribution < -0.4 is 10.6 Å². The molecule has 1 aromatic carbocycles. The third-order valence-electron chi connectivity index (χ3n) is 3.72. The normalized spacial score (nSPS) is 10.9. The molecular weight excluding hydrogens is 284 g/mol. The molecule has 0 radical (unpaired) electrons. The summed E-state index contributed by atoms with van der Waals surface area (Å²) >= 11 is 0. The van der Waals surface area contributed by atoms with Crippen LogP contribution in [0.25, 0.3) is 0 Å². The van der Waals surface area contributed by atoms with E-state index in [1.54, 1.807) is 12.4 Å². The molecule has 1 heterocycles. The standard InChI is InChI=1S/C19H26N4/c1-6-10-20-17-11-18(22-12-21-17)23-19-15(13(2)3)8-7-9-16(19)14(4)5/h6-9,11-14H,1,10H2,2-5H3,(H2,20,21,22,23). The van der Waals surface area contributed by atoms with Crippen molar-refractivity contribution in [2.24, 2.45) is 0 Å². The van der Waals surface area contributed by atoms with E-state index in [9.17, 15) is 0 Å². The van der Waals surface area contributed by atoms with Crippen LogP contribution >= 0.6 is 0 Å². The van der Waals surface area contributed by atoms with Crippen molar-refractivity contribution in [3.05, 3.63) is 54.4 Å². The summed E-state index contributed by atoms with van der Waals surface area (Å²) in [4.78, 5) is 8.58. The zero-order valence-corrected chi connectivity index (χ0v) is 14.4. The fourth-order valence-electron chi connectivity index (χ4n) is 2.52. The zero-order chi connectivity index (χ0) is 16.8. The maximum absolute atomic E-state index is 4.36. The molecule has 0 bridgehead atoms. The summed E-state index contributed by atoms with van der Waals surface area (Å²) < 4.78 is 0. The van der Waals surface area contributed by atoms with E-state index in [-0.39, 0.29) is 0 Å². The van der Waals surface area contributed by atoms with Crippen LogP contribution in [0.15, 0.2) is 43.2 Å². The molecule has 23 heavy (non-hydrogen) atoms. The Morgan fingerprint density at radius 1 is 1.04 bits per heavy atom. The Labute approximate surface area is 139 Å². The van der Waals surface area contributed by atoms with E-state index < -0.39 is 0 Å². The Morgan fingerprint density at radius 3 is 2.22 bits per heavy atom. The second-order valence-electron chi connectivity index (χ2n) is 6.20. The second kappa shape index (κ2) is 7.77. The van der Waals surface area contributed by atoms with Gasteiger partial charge in [-0.15, -0.1) is 6.58 Å². The lowest BCUT2D eigenvalue weighted by atomic mass is 9.92. The highest BCUT2D eigenvalue weighted by molar-refractivity contribution is 5.67. The summed E-state index contributed by atoms with van der Waals surface area (Å²) in [7, 11) is 0. The van der Waals surface area contributed by atoms with Crippen molar-refractivity contribution in [1.82, 2.24) is 9.97 Å². The summed E-state index contributed by atoms with van der Waals surface area (Å²) in [6.45, 7) is 13.2. The third-order valence-corrected chi connectivity index (χ3v) is 3.72. The SMILES string of the molecule is C=CCNc1cc(Nc2c(C(C)C)cccc2C(C)C)ncn1. The van der Waals surface area contributed by atoms with Crippen molar-refractivity contribution in [3.63, 3.8) is 0 Å². The first-order valence-electron chi connectivity index (χ1n) is 8.09. The molecule has 0 saturated heterocycles. The molecule has 0 aliphatic rings. The molecule has 0 spiro atoms. The molecule has 0 unspecified atom stereocenters. The minimum atomic E-state index is 0.441. The summed E-state index contributed by atoms with van der Waals surface area (Å²) in [6.07, 6.45) is 3.38. The maximum atomic E-state index is 4.36. The lowest BCUT2D eigenvalue weighted by molar-refractivity contribution is 0.838. The molecule has 122 valence electrons. The molecule has 2 rings (SSSR count). The van der Waals surface area contributed by atoms with Gasteiger partial charge in [-0.3, -0.25) is 0 Å². The number of hydrogen-bond acceptors (Lipinski definition) is 4. The Kier molecular flexibility index (Phi) is 5.74. The maximum Gasteiger partial charge on any atom is 0.135 e. The predicted octanol–water partition coefficient (Wildman–Crippen LogP) is 5.06. The van der Waals surface area contributed by atoms with E-state index in [1.165, 1.54) is 11.1 Å². The van der Waals surface area contributed by atoms with Gasteiger partial charge < -0.3 is 10.6 Å². The second-order valence-corrected chi connectivity index (χ2v) is 6.20. The van der Waals surface area contributed by atoms with Crippen LogP contribution in [0, 0.1) is 0 Å². The van der Waals surface area contributed by atoms with Gasteiger partial charge in [0.25, 0.3) is 0 Å². The van der Waals surface area contributed by atoms with Crippen LogP contribution in [-0.2, 0) is 0 Å². The van der Waals surface area contributed by atoms with Crippen molar-refractivity contribution in [1.29, 1.82) is 0 Å². The molecule has 0 atom stereocenters. The Hall–Kier alpha value is -2.36. The van der Waals surface area contributed by atoms with Gasteiger partial charge in [0.05, 0.1) is 0 Å². The number of benzene rings is 1. The number of para-hydroxylation sites is 1. The van der Waals surface area contributed by atoms with E-state index in [0.717, 1.165) is 17.3 Å². The molecule has 0 fully saturated rings. The van der Waals surface area contributed by atoms with Crippen molar-refractivity contribution in [2.45, 2.75) is 39.5 Å². The Bertz CT molecular complexity index is 636. The van der Waals surface area contributed by atoms with Crippen LogP contribution in [-0.4, -0.2) is 16.5 Å². The first-order chi connectivity index (χ1) is 11.0. The van der Waals surface area contributed by atoms with Gasteiger partial charge in [0, 0.05) is 18.3 Å². The molecule has 0 saturated carbocycles. The first kappa shape index (κ1) is 17.0. The predicted molar refractivity (Wildman–Crippen MR) is 98.6 cm³/mol. The fraction of sp³-hybridized carbons (Fsp3) is 0.368. The molecular formula is C19H26N4. The van der Waals surface area contributed by atoms with E-state index in [0.29, 0.717) is 18.4 Å². The molecule has 0 amide bonds. The van der Waals surface area contributed by atoms with Gasteiger partial charge in [-0.25, -0.2) is 9.97 Å². The molecule has 2 aromatic rings. The van der Waals surface area contributed by atoms with Crippen LogP contribution in [0.1, 0.15) is 50.7 Å². The number of nitrogens with one attached hydrogen (secondary N) is 2. The van der Waals surface area contributed by atoms with Crippen LogP contribution in [0.4, 0.5) is 17.3 Å². The lowest BCUT2D eigenvalue weighted by Gasteiger charge is -2.20. The largest absolute Gasteiger partial charge is 0.366 e. The van der Waals surface area contributed by atoms with Crippen LogP contribution in [0.3, 0.4) is 0 Å². The minimum Gasteiger partial charge on any atom is -0.366 e. The van der Waals surface area contributed by atoms with E-state index >= 15 is 0 Å². The lowest BCUT2D eigenvalue weighted by Crippen LogP contribution is -2.06. The van der Waals surface area contributed by atoms with Crippen LogP contribution in [0.2, 0.25) is 0 Å². The average Bonchev–Trinajstić information content (AvgIpc) is 2.53. The number of hydrogen-bond donors (Lipinski definition) is 2. The van der Waals surface area contributed by atoms with Gasteiger partial charge in [0.1, 0.15) is 18.0 Å². The Balaban J connectivity index is 2.37. The van der Waals surface area contributed by atoms with Gasteiger partial charge in [-0.2, -0.15) is 0 Å². The summed E-state index contributed by atoms with van der Waals surface area (Å²) in [5.41, 5.74) is 3.76. The van der Waals surface area contributed by atoms with E-state index in [4.69, 9.17) is 0 Å². The summed E-state index contributed by atoms with van der Waals surface area (Å²) in [6, 6.07) is 8.41. The fourth-order valence-corrected chi connectivity index (χ4v) is 2.52. The van der Waals surface area contributed by atoms with Gasteiger partial charge in [0.2, 0.25) is 0 Å². The summed E-state index contributed by atoms with van der Waals surface area (Å²) in [5.74, 6) is 2.46. The molecule has 2 N–H and O–H groups in total. The molecule has 0 aliphatic heterocycles. The van der Waals surface area contributed by atoms with Gasteiger partial charge in [0.15, 0.2) is 0 Å². The van der Waals surface area contributed by atoms with Crippen molar-refractivity contribution < 1.29 is 0 Å². The van der Waals surface area contributed by atoms with Gasteiger partial charge in [-0.05, 0) is 23.0 Å².